The smallest absolute Gasteiger partial charge is 0.184 e. The number of alkyl halides is 1. The van der Waals surface area contributed by atoms with E-state index in [-0.39, 0.29) is 0 Å². The summed E-state index contributed by atoms with van der Waals surface area (Å²) in [6.45, 7) is 6.56. The minimum Gasteiger partial charge on any atom is -0.409 e. The Labute approximate surface area is 59.7 Å². The van der Waals surface area contributed by atoms with E-state index >= 15 is 0 Å². The monoisotopic (exact) mass is 230 g/mol. The molecule has 0 aromatic rings. The first-order valence-corrected chi connectivity index (χ1v) is 7.19. The Morgan fingerprint density at radius 3 is 1.86 bits per heavy atom. The molecule has 0 heterocycles. The fourth-order valence-corrected chi connectivity index (χ4v) is 3.29. The second-order valence-corrected chi connectivity index (χ2v) is 7.50. The van der Waals surface area contributed by atoms with Crippen molar-refractivity contribution in [3.05, 3.63) is 0 Å². The van der Waals surface area contributed by atoms with Crippen molar-refractivity contribution in [1.82, 2.24) is 0 Å². The molecule has 0 saturated heterocycles. The van der Waals surface area contributed by atoms with Crippen LogP contribution in [0, 0.1) is 0 Å². The molecule has 0 bridgehead atoms. The summed E-state index contributed by atoms with van der Waals surface area (Å²) in [5.41, 5.74) is 0. The molecule has 0 radical (unpaired) electrons. The maximum absolute atomic E-state index is 5.35. The van der Waals surface area contributed by atoms with Crippen molar-refractivity contribution in [1.29, 1.82) is 0 Å². The standard InChI is InChI=1S/C4H11IOSi/c1-7(2,3)6-4-5/h4H2,1-3H3. The summed E-state index contributed by atoms with van der Waals surface area (Å²) < 4.78 is 6.20. The van der Waals surface area contributed by atoms with E-state index in [0.717, 1.165) is 4.61 Å². The highest BCUT2D eigenvalue weighted by atomic mass is 127. The molecular formula is C4H11IOSi. The lowest BCUT2D eigenvalue weighted by Gasteiger charge is -2.13. The second kappa shape index (κ2) is 3.04. The van der Waals surface area contributed by atoms with E-state index in [2.05, 4.69) is 42.2 Å². The van der Waals surface area contributed by atoms with Gasteiger partial charge in [0.1, 0.15) is 0 Å². The predicted octanol–water partition coefficient (Wildman–Crippen LogP) is 2.23. The molecule has 3 heteroatoms. The number of hydrogen-bond acceptors (Lipinski definition) is 1. The molecular weight excluding hydrogens is 219 g/mol. The van der Waals surface area contributed by atoms with Gasteiger partial charge in [-0.1, -0.05) is 22.6 Å². The van der Waals surface area contributed by atoms with Crippen LogP contribution in [0.25, 0.3) is 0 Å². The maximum atomic E-state index is 5.35. The lowest BCUT2D eigenvalue weighted by atomic mass is 11.8. The van der Waals surface area contributed by atoms with Crippen LogP contribution in [0.4, 0.5) is 0 Å². The first-order valence-electron chi connectivity index (χ1n) is 2.26. The number of halogens is 1. The summed E-state index contributed by atoms with van der Waals surface area (Å²) in [7, 11) is -1.16. The Hall–Kier alpha value is 0.907. The van der Waals surface area contributed by atoms with E-state index in [1.807, 2.05) is 0 Å². The molecule has 1 nitrogen and oxygen atoms in total. The maximum Gasteiger partial charge on any atom is 0.184 e. The minimum atomic E-state index is -1.16. The van der Waals surface area contributed by atoms with Crippen LogP contribution in [0.1, 0.15) is 0 Å². The van der Waals surface area contributed by atoms with Gasteiger partial charge in [0.2, 0.25) is 0 Å². The zero-order valence-corrected chi connectivity index (χ0v) is 8.15. The molecule has 0 aromatic carbocycles. The predicted molar refractivity (Wildman–Crippen MR) is 43.3 cm³/mol. The lowest BCUT2D eigenvalue weighted by Crippen LogP contribution is -2.23. The Bertz CT molecular complexity index is 50.1. The summed E-state index contributed by atoms with van der Waals surface area (Å²) >= 11 is 2.23. The van der Waals surface area contributed by atoms with Gasteiger partial charge in [0.25, 0.3) is 0 Å². The average molecular weight is 230 g/mol. The van der Waals surface area contributed by atoms with E-state index in [4.69, 9.17) is 4.43 Å². The second-order valence-electron chi connectivity index (χ2n) is 2.37. The van der Waals surface area contributed by atoms with Crippen molar-refractivity contribution in [2.75, 3.05) is 4.61 Å². The third-order valence-electron chi connectivity index (χ3n) is 0.488. The third-order valence-corrected chi connectivity index (χ3v) is 2.40. The molecule has 0 saturated carbocycles. The highest BCUT2D eigenvalue weighted by Crippen LogP contribution is 2.03. The molecule has 7 heavy (non-hydrogen) atoms. The Morgan fingerprint density at radius 1 is 1.43 bits per heavy atom. The normalized spacial score (nSPS) is 12.0. The van der Waals surface area contributed by atoms with Crippen LogP contribution < -0.4 is 0 Å². The zero-order chi connectivity index (χ0) is 5.91. The van der Waals surface area contributed by atoms with Crippen molar-refractivity contribution < 1.29 is 4.43 Å². The Kier molecular flexibility index (Phi) is 3.43. The van der Waals surface area contributed by atoms with Crippen LogP contribution in [0.2, 0.25) is 19.6 Å². The fraction of sp³-hybridized carbons (Fsp3) is 1.00. The summed E-state index contributed by atoms with van der Waals surface area (Å²) in [5.74, 6) is 0. The van der Waals surface area contributed by atoms with Crippen LogP contribution in [0.5, 0.6) is 0 Å². The summed E-state index contributed by atoms with van der Waals surface area (Å²) in [5, 5.41) is 0. The van der Waals surface area contributed by atoms with E-state index in [1.54, 1.807) is 0 Å². The summed E-state index contributed by atoms with van der Waals surface area (Å²) in [6.07, 6.45) is 0. The molecule has 0 unspecified atom stereocenters. The highest BCUT2D eigenvalue weighted by molar-refractivity contribution is 14.1. The van der Waals surface area contributed by atoms with Crippen molar-refractivity contribution in [3.8, 4) is 0 Å². The largest absolute Gasteiger partial charge is 0.409 e. The van der Waals surface area contributed by atoms with Crippen LogP contribution >= 0.6 is 22.6 Å². The van der Waals surface area contributed by atoms with Gasteiger partial charge in [0.05, 0.1) is 4.61 Å². The van der Waals surface area contributed by atoms with Gasteiger partial charge in [-0.2, -0.15) is 0 Å². The zero-order valence-electron chi connectivity index (χ0n) is 4.99. The minimum absolute atomic E-state index is 0.841. The van der Waals surface area contributed by atoms with Gasteiger partial charge < -0.3 is 4.43 Å². The lowest BCUT2D eigenvalue weighted by molar-refractivity contribution is 0.400. The fourth-order valence-electron chi connectivity index (χ4n) is 0.164. The first kappa shape index (κ1) is 7.91. The van der Waals surface area contributed by atoms with Gasteiger partial charge in [0, 0.05) is 0 Å². The molecule has 0 fully saturated rings. The van der Waals surface area contributed by atoms with E-state index in [9.17, 15) is 0 Å². The molecule has 0 N–H and O–H groups in total. The van der Waals surface area contributed by atoms with Crippen molar-refractivity contribution in [2.24, 2.45) is 0 Å². The Morgan fingerprint density at radius 2 is 1.86 bits per heavy atom. The topological polar surface area (TPSA) is 9.23 Å². The van der Waals surface area contributed by atoms with Gasteiger partial charge in [-0.25, -0.2) is 0 Å². The number of rotatable bonds is 2. The molecule has 0 spiro atoms. The molecule has 0 aliphatic rings. The van der Waals surface area contributed by atoms with Crippen LogP contribution in [-0.2, 0) is 4.43 Å². The quantitative estimate of drug-likeness (QED) is 0.401. The average Bonchev–Trinajstić information content (AvgIpc) is 1.30. The van der Waals surface area contributed by atoms with Crippen molar-refractivity contribution in [3.63, 3.8) is 0 Å². The van der Waals surface area contributed by atoms with Gasteiger partial charge in [-0.05, 0) is 19.6 Å². The molecule has 0 rings (SSSR count). The Balaban J connectivity index is 3.15. The first-order chi connectivity index (χ1) is 3.06. The molecule has 0 aromatic heterocycles. The van der Waals surface area contributed by atoms with E-state index in [1.165, 1.54) is 0 Å². The van der Waals surface area contributed by atoms with Gasteiger partial charge in [0.15, 0.2) is 8.32 Å². The highest BCUT2D eigenvalue weighted by Gasteiger charge is 2.11. The SMILES string of the molecule is C[Si](C)(C)OCI. The van der Waals surface area contributed by atoms with E-state index in [0.29, 0.717) is 0 Å². The molecule has 0 aliphatic carbocycles. The van der Waals surface area contributed by atoms with Crippen LogP contribution in [-0.4, -0.2) is 12.9 Å². The molecule has 0 amide bonds. The molecule has 0 atom stereocenters. The summed E-state index contributed by atoms with van der Waals surface area (Å²) in [6, 6.07) is 0. The molecule has 44 valence electrons. The van der Waals surface area contributed by atoms with Gasteiger partial charge in [-0.3, -0.25) is 0 Å². The van der Waals surface area contributed by atoms with Crippen LogP contribution in [0.3, 0.4) is 0 Å². The number of hydrogen-bond donors (Lipinski definition) is 0. The van der Waals surface area contributed by atoms with E-state index < -0.39 is 8.32 Å². The van der Waals surface area contributed by atoms with Gasteiger partial charge >= 0.3 is 0 Å². The summed E-state index contributed by atoms with van der Waals surface area (Å²) in [4.78, 5) is 0. The van der Waals surface area contributed by atoms with Crippen molar-refractivity contribution >= 4 is 30.9 Å². The van der Waals surface area contributed by atoms with Crippen LogP contribution in [0.15, 0.2) is 0 Å². The third kappa shape index (κ3) is 6.91. The van der Waals surface area contributed by atoms with Gasteiger partial charge in [-0.15, -0.1) is 0 Å². The van der Waals surface area contributed by atoms with Crippen molar-refractivity contribution in [2.45, 2.75) is 19.6 Å². The molecule has 0 aliphatic heterocycles.